The van der Waals surface area contributed by atoms with Crippen molar-refractivity contribution in [2.45, 2.75) is 9.79 Å². The van der Waals surface area contributed by atoms with Crippen molar-refractivity contribution in [1.82, 2.24) is 0 Å². The van der Waals surface area contributed by atoms with E-state index in [1.807, 2.05) is 12.3 Å². The van der Waals surface area contributed by atoms with Crippen LogP contribution in [0.15, 0.2) is 52.3 Å². The van der Waals surface area contributed by atoms with E-state index in [0.717, 1.165) is 4.90 Å². The third-order valence-corrected chi connectivity index (χ3v) is 5.32. The summed E-state index contributed by atoms with van der Waals surface area (Å²) in [6.07, 6.45) is 1.92. The lowest BCUT2D eigenvalue weighted by Crippen LogP contribution is -2.25. The largest absolute Gasteiger partial charge is 0.482 e. The normalized spacial score (nSPS) is 13.7. The van der Waals surface area contributed by atoms with Crippen molar-refractivity contribution in [2.75, 3.05) is 22.9 Å². The first kappa shape index (κ1) is 15.7. The zero-order chi connectivity index (χ0) is 16.4. The molecule has 0 fully saturated rings. The highest BCUT2D eigenvalue weighted by Gasteiger charge is 2.21. The van der Waals surface area contributed by atoms with Crippen LogP contribution in [0, 0.1) is 0 Å². The second-order valence-electron chi connectivity index (χ2n) is 4.83. The highest BCUT2D eigenvalue weighted by atomic mass is 32.2. The Hall–Kier alpha value is -2.19. The van der Waals surface area contributed by atoms with E-state index in [4.69, 9.17) is 4.74 Å². The van der Waals surface area contributed by atoms with Crippen LogP contribution in [0.25, 0.3) is 0 Å². The van der Waals surface area contributed by atoms with Crippen molar-refractivity contribution < 1.29 is 17.9 Å². The molecule has 0 bridgehead atoms. The molecule has 2 aromatic carbocycles. The van der Waals surface area contributed by atoms with Gasteiger partial charge in [-0.1, -0.05) is 6.07 Å². The molecule has 0 saturated heterocycles. The molecule has 0 radical (unpaired) electrons. The number of carbonyl (C=O) groups excluding carboxylic acids is 1. The van der Waals surface area contributed by atoms with E-state index in [9.17, 15) is 13.2 Å². The van der Waals surface area contributed by atoms with Crippen LogP contribution in [0.2, 0.25) is 0 Å². The molecule has 0 atom stereocenters. The molecule has 0 aromatic heterocycles. The Bertz CT molecular complexity index is 866. The zero-order valence-corrected chi connectivity index (χ0v) is 13.8. The Kier molecular flexibility index (Phi) is 4.18. The first-order valence-electron chi connectivity index (χ1n) is 6.71. The van der Waals surface area contributed by atoms with Crippen molar-refractivity contribution in [3.8, 4) is 5.75 Å². The Labute approximate surface area is 138 Å². The molecular weight excluding hydrogens is 336 g/mol. The van der Waals surface area contributed by atoms with Gasteiger partial charge < -0.3 is 10.1 Å². The summed E-state index contributed by atoms with van der Waals surface area (Å²) in [5.74, 6) is 0.139. The van der Waals surface area contributed by atoms with Crippen LogP contribution in [0.3, 0.4) is 0 Å². The van der Waals surface area contributed by atoms with Gasteiger partial charge >= 0.3 is 0 Å². The first-order chi connectivity index (χ1) is 11.0. The molecule has 1 heterocycles. The molecule has 3 rings (SSSR count). The van der Waals surface area contributed by atoms with Crippen molar-refractivity contribution in [3.05, 3.63) is 42.5 Å². The average molecular weight is 350 g/mol. The molecule has 0 unspecified atom stereocenters. The van der Waals surface area contributed by atoms with Crippen molar-refractivity contribution in [1.29, 1.82) is 0 Å². The van der Waals surface area contributed by atoms with E-state index < -0.39 is 10.0 Å². The minimum atomic E-state index is -3.76. The molecule has 1 aliphatic rings. The number of carbonyl (C=O) groups is 1. The van der Waals surface area contributed by atoms with Crippen LogP contribution in [-0.2, 0) is 14.8 Å². The van der Waals surface area contributed by atoms with Crippen LogP contribution in [-0.4, -0.2) is 27.2 Å². The van der Waals surface area contributed by atoms with Gasteiger partial charge in [-0.2, -0.15) is 0 Å². The summed E-state index contributed by atoms with van der Waals surface area (Å²) in [7, 11) is -3.76. The van der Waals surface area contributed by atoms with E-state index >= 15 is 0 Å². The number of anilines is 2. The zero-order valence-electron chi connectivity index (χ0n) is 12.2. The van der Waals surface area contributed by atoms with Crippen LogP contribution >= 0.6 is 11.8 Å². The number of amides is 1. The van der Waals surface area contributed by atoms with E-state index in [1.54, 1.807) is 18.2 Å². The number of rotatable bonds is 4. The van der Waals surface area contributed by atoms with Gasteiger partial charge in [0.05, 0.1) is 10.6 Å². The Morgan fingerprint density at radius 1 is 1.22 bits per heavy atom. The van der Waals surface area contributed by atoms with Gasteiger partial charge in [0, 0.05) is 10.6 Å². The third-order valence-electron chi connectivity index (χ3n) is 3.22. The fourth-order valence-electron chi connectivity index (χ4n) is 2.13. The van der Waals surface area contributed by atoms with Gasteiger partial charge in [-0.05, 0) is 42.7 Å². The molecule has 8 heteroatoms. The number of ether oxygens (including phenoxy) is 1. The van der Waals surface area contributed by atoms with Crippen LogP contribution in [0.5, 0.6) is 5.75 Å². The lowest BCUT2D eigenvalue weighted by atomic mass is 10.2. The fraction of sp³-hybridized carbons (Fsp3) is 0.133. The smallest absolute Gasteiger partial charge is 0.262 e. The molecule has 120 valence electrons. The van der Waals surface area contributed by atoms with Gasteiger partial charge in [-0.15, -0.1) is 11.8 Å². The number of fused-ring (bicyclic) bond motifs is 1. The Balaban J connectivity index is 1.90. The lowest BCUT2D eigenvalue weighted by Gasteiger charge is -2.18. The van der Waals surface area contributed by atoms with Crippen molar-refractivity contribution in [2.24, 2.45) is 0 Å². The van der Waals surface area contributed by atoms with Gasteiger partial charge in [-0.3, -0.25) is 9.52 Å². The van der Waals surface area contributed by atoms with Gasteiger partial charge in [0.1, 0.15) is 5.75 Å². The topological polar surface area (TPSA) is 84.5 Å². The molecule has 23 heavy (non-hydrogen) atoms. The summed E-state index contributed by atoms with van der Waals surface area (Å²) in [5, 5.41) is 2.59. The number of hydrogen-bond acceptors (Lipinski definition) is 5. The summed E-state index contributed by atoms with van der Waals surface area (Å²) >= 11 is 1.52. The molecule has 2 aromatic rings. The number of nitrogens with one attached hydrogen (secondary N) is 2. The molecule has 1 aliphatic heterocycles. The second-order valence-corrected chi connectivity index (χ2v) is 7.39. The molecule has 6 nitrogen and oxygen atoms in total. The molecule has 0 saturated carbocycles. The molecule has 0 spiro atoms. The van der Waals surface area contributed by atoms with E-state index in [1.165, 1.54) is 30.0 Å². The standard InChI is InChI=1S/C15H14N2O4S2/c1-22-11-4-2-3-10(7-11)17-23(19,20)12-5-6-14-13(8-12)16-15(18)9-21-14/h2-8,17H,9H2,1H3,(H,16,18). The van der Waals surface area contributed by atoms with Gasteiger partial charge in [0.15, 0.2) is 6.61 Å². The SMILES string of the molecule is CSc1cccc(NS(=O)(=O)c2ccc3c(c2)NC(=O)CO3)c1. The van der Waals surface area contributed by atoms with Gasteiger partial charge in [-0.25, -0.2) is 8.42 Å². The summed E-state index contributed by atoms with van der Waals surface area (Å²) in [6, 6.07) is 11.5. The predicted molar refractivity (Wildman–Crippen MR) is 89.6 cm³/mol. The van der Waals surface area contributed by atoms with Gasteiger partial charge in [0.2, 0.25) is 0 Å². The fourth-order valence-corrected chi connectivity index (χ4v) is 3.66. The minimum absolute atomic E-state index is 0.0524. The summed E-state index contributed by atoms with van der Waals surface area (Å²) in [6.45, 7) is -0.0706. The summed E-state index contributed by atoms with van der Waals surface area (Å²) in [4.78, 5) is 12.4. The summed E-state index contributed by atoms with van der Waals surface area (Å²) < 4.78 is 32.7. The highest BCUT2D eigenvalue weighted by molar-refractivity contribution is 7.98. The van der Waals surface area contributed by atoms with Crippen LogP contribution < -0.4 is 14.8 Å². The number of sulfonamides is 1. The maximum absolute atomic E-state index is 12.5. The molecular formula is C15H14N2O4S2. The van der Waals surface area contributed by atoms with Gasteiger partial charge in [0.25, 0.3) is 15.9 Å². The third kappa shape index (κ3) is 3.43. The predicted octanol–water partition coefficient (Wildman–Crippen LogP) is 2.54. The monoisotopic (exact) mass is 350 g/mol. The van der Waals surface area contributed by atoms with E-state index in [0.29, 0.717) is 17.1 Å². The maximum Gasteiger partial charge on any atom is 0.262 e. The number of benzene rings is 2. The average Bonchev–Trinajstić information content (AvgIpc) is 2.54. The van der Waals surface area contributed by atoms with E-state index in [-0.39, 0.29) is 17.4 Å². The minimum Gasteiger partial charge on any atom is -0.482 e. The second kappa shape index (κ2) is 6.13. The maximum atomic E-state index is 12.5. The first-order valence-corrected chi connectivity index (χ1v) is 9.42. The summed E-state index contributed by atoms with van der Waals surface area (Å²) in [5.41, 5.74) is 0.830. The molecule has 0 aliphatic carbocycles. The lowest BCUT2D eigenvalue weighted by molar-refractivity contribution is -0.118. The van der Waals surface area contributed by atoms with E-state index in [2.05, 4.69) is 10.0 Å². The number of thioether (sulfide) groups is 1. The quantitative estimate of drug-likeness (QED) is 0.828. The number of hydrogen-bond donors (Lipinski definition) is 2. The Morgan fingerprint density at radius 2 is 2.04 bits per heavy atom. The van der Waals surface area contributed by atoms with Crippen molar-refractivity contribution in [3.63, 3.8) is 0 Å². The molecule has 1 amide bonds. The highest BCUT2D eigenvalue weighted by Crippen LogP contribution is 2.31. The van der Waals surface area contributed by atoms with Crippen LogP contribution in [0.1, 0.15) is 0 Å². The van der Waals surface area contributed by atoms with Crippen LogP contribution in [0.4, 0.5) is 11.4 Å². The van der Waals surface area contributed by atoms with Crippen molar-refractivity contribution >= 4 is 39.1 Å². The molecule has 2 N–H and O–H groups in total. The Morgan fingerprint density at radius 3 is 2.83 bits per heavy atom.